The van der Waals surface area contributed by atoms with Crippen molar-refractivity contribution in [1.82, 2.24) is 20.5 Å². The number of H-pyrrole nitrogens is 1. The molecule has 0 atom stereocenters. The van der Waals surface area contributed by atoms with Crippen molar-refractivity contribution < 1.29 is 9.21 Å². The van der Waals surface area contributed by atoms with Gasteiger partial charge in [0.1, 0.15) is 12.0 Å². The van der Waals surface area contributed by atoms with Gasteiger partial charge in [0.2, 0.25) is 0 Å². The summed E-state index contributed by atoms with van der Waals surface area (Å²) in [4.78, 5) is 26.5. The van der Waals surface area contributed by atoms with E-state index in [0.29, 0.717) is 18.9 Å². The van der Waals surface area contributed by atoms with E-state index < -0.39 is 0 Å². The molecule has 2 aromatic rings. The third-order valence-electron chi connectivity index (χ3n) is 2.25. The zero-order chi connectivity index (χ0) is 13.0. The summed E-state index contributed by atoms with van der Waals surface area (Å²) >= 11 is 0. The Kier molecular flexibility index (Phi) is 3.52. The molecular formula is C11H12N4O3. The zero-order valence-electron chi connectivity index (χ0n) is 9.77. The molecule has 0 saturated heterocycles. The molecular weight excluding hydrogens is 236 g/mol. The van der Waals surface area contributed by atoms with E-state index in [1.807, 2.05) is 0 Å². The van der Waals surface area contributed by atoms with E-state index in [9.17, 15) is 9.59 Å². The molecule has 18 heavy (non-hydrogen) atoms. The number of rotatable bonds is 4. The number of amides is 1. The Morgan fingerprint density at radius 1 is 1.50 bits per heavy atom. The Morgan fingerprint density at radius 2 is 2.33 bits per heavy atom. The number of carbonyl (C=O) groups excluding carboxylic acids is 1. The molecule has 0 aliphatic rings. The lowest BCUT2D eigenvalue weighted by Gasteiger charge is -2.01. The van der Waals surface area contributed by atoms with Crippen molar-refractivity contribution in [3.63, 3.8) is 0 Å². The van der Waals surface area contributed by atoms with Crippen LogP contribution in [0.5, 0.6) is 0 Å². The van der Waals surface area contributed by atoms with E-state index in [0.717, 1.165) is 5.69 Å². The minimum Gasteiger partial charge on any atom is -0.449 e. The number of nitrogens with one attached hydrogen (secondary N) is 2. The van der Waals surface area contributed by atoms with Gasteiger partial charge < -0.3 is 9.73 Å². The largest absolute Gasteiger partial charge is 0.449 e. The van der Waals surface area contributed by atoms with Crippen molar-refractivity contribution in [2.75, 3.05) is 6.54 Å². The second-order valence-corrected chi connectivity index (χ2v) is 3.67. The monoisotopic (exact) mass is 248 g/mol. The minimum atomic E-state index is -0.343. The molecule has 0 bridgehead atoms. The summed E-state index contributed by atoms with van der Waals surface area (Å²) in [5.74, 6) is 0.255. The first-order chi connectivity index (χ1) is 8.65. The van der Waals surface area contributed by atoms with E-state index in [4.69, 9.17) is 4.42 Å². The standard InChI is InChI=1S/C11H12N4O3/c1-7-13-8(6-18-7)4-5-12-11(17)9-2-3-10(16)15-14-9/h2-3,6H,4-5H2,1H3,(H,12,17)(H,15,16). The molecule has 0 aliphatic heterocycles. The molecule has 0 aliphatic carbocycles. The fraction of sp³-hybridized carbons (Fsp3) is 0.273. The van der Waals surface area contributed by atoms with Crippen LogP contribution in [0.4, 0.5) is 0 Å². The third kappa shape index (κ3) is 3.03. The molecule has 7 heteroatoms. The first-order valence-electron chi connectivity index (χ1n) is 5.40. The first kappa shape index (κ1) is 12.0. The zero-order valence-corrected chi connectivity index (χ0v) is 9.77. The maximum atomic E-state index is 11.6. The lowest BCUT2D eigenvalue weighted by Crippen LogP contribution is -2.27. The Balaban J connectivity index is 1.85. The van der Waals surface area contributed by atoms with Gasteiger partial charge in [0.05, 0.1) is 5.69 Å². The van der Waals surface area contributed by atoms with Crippen LogP contribution in [0.2, 0.25) is 0 Å². The summed E-state index contributed by atoms with van der Waals surface area (Å²) in [6.45, 7) is 2.18. The van der Waals surface area contributed by atoms with Crippen LogP contribution in [0.1, 0.15) is 22.1 Å². The van der Waals surface area contributed by atoms with Crippen LogP contribution in [0.15, 0.2) is 27.6 Å². The predicted octanol–water partition coefficient (Wildman–Crippen LogP) is 0.0388. The van der Waals surface area contributed by atoms with Gasteiger partial charge in [0, 0.05) is 26.0 Å². The summed E-state index contributed by atoms with van der Waals surface area (Å²) in [7, 11) is 0. The van der Waals surface area contributed by atoms with Crippen LogP contribution in [-0.4, -0.2) is 27.6 Å². The van der Waals surface area contributed by atoms with Crippen molar-refractivity contribution >= 4 is 5.91 Å². The molecule has 0 radical (unpaired) electrons. The second kappa shape index (κ2) is 5.26. The molecule has 0 saturated carbocycles. The van der Waals surface area contributed by atoms with E-state index in [-0.39, 0.29) is 17.2 Å². The number of aromatic amines is 1. The van der Waals surface area contributed by atoms with Gasteiger partial charge in [-0.1, -0.05) is 0 Å². The number of hydrogen-bond acceptors (Lipinski definition) is 5. The quantitative estimate of drug-likeness (QED) is 0.795. The Labute approximate surface area is 102 Å². The van der Waals surface area contributed by atoms with E-state index in [2.05, 4.69) is 20.5 Å². The van der Waals surface area contributed by atoms with Gasteiger partial charge in [-0.15, -0.1) is 0 Å². The topological polar surface area (TPSA) is 101 Å². The van der Waals surface area contributed by atoms with Gasteiger partial charge in [0.15, 0.2) is 5.89 Å². The van der Waals surface area contributed by atoms with Crippen molar-refractivity contribution in [2.45, 2.75) is 13.3 Å². The van der Waals surface area contributed by atoms with Gasteiger partial charge in [0.25, 0.3) is 11.5 Å². The van der Waals surface area contributed by atoms with Crippen molar-refractivity contribution in [3.05, 3.63) is 46.0 Å². The molecule has 1 amide bonds. The number of aryl methyl sites for hydroxylation is 1. The van der Waals surface area contributed by atoms with Crippen LogP contribution in [0.25, 0.3) is 0 Å². The number of carbonyl (C=O) groups is 1. The molecule has 0 fully saturated rings. The van der Waals surface area contributed by atoms with Crippen molar-refractivity contribution in [3.8, 4) is 0 Å². The van der Waals surface area contributed by atoms with Crippen LogP contribution >= 0.6 is 0 Å². The molecule has 7 nitrogen and oxygen atoms in total. The van der Waals surface area contributed by atoms with Gasteiger partial charge in [-0.2, -0.15) is 5.10 Å². The number of aromatic nitrogens is 3. The molecule has 2 rings (SSSR count). The minimum absolute atomic E-state index is 0.172. The lowest BCUT2D eigenvalue weighted by atomic mass is 10.3. The van der Waals surface area contributed by atoms with Crippen LogP contribution in [0.3, 0.4) is 0 Å². The fourth-order valence-corrected chi connectivity index (χ4v) is 1.39. The molecule has 2 aromatic heterocycles. The van der Waals surface area contributed by atoms with Gasteiger partial charge >= 0.3 is 0 Å². The molecule has 2 N–H and O–H groups in total. The van der Waals surface area contributed by atoms with E-state index in [1.54, 1.807) is 13.2 Å². The molecule has 0 aromatic carbocycles. The highest BCUT2D eigenvalue weighted by molar-refractivity contribution is 5.91. The summed E-state index contributed by atoms with van der Waals surface area (Å²) < 4.78 is 5.04. The van der Waals surface area contributed by atoms with Crippen LogP contribution in [0, 0.1) is 6.92 Å². The van der Waals surface area contributed by atoms with Gasteiger partial charge in [-0.05, 0) is 6.07 Å². The molecule has 0 unspecified atom stereocenters. The third-order valence-corrected chi connectivity index (χ3v) is 2.25. The number of oxazole rings is 1. The summed E-state index contributed by atoms with van der Waals surface area (Å²) in [5, 5.41) is 8.49. The van der Waals surface area contributed by atoms with E-state index >= 15 is 0 Å². The second-order valence-electron chi connectivity index (χ2n) is 3.67. The highest BCUT2D eigenvalue weighted by Gasteiger charge is 2.07. The Morgan fingerprint density at radius 3 is 2.94 bits per heavy atom. The number of nitrogens with zero attached hydrogens (tertiary/aromatic N) is 2. The average molecular weight is 248 g/mol. The van der Waals surface area contributed by atoms with E-state index in [1.165, 1.54) is 12.1 Å². The highest BCUT2D eigenvalue weighted by atomic mass is 16.3. The maximum Gasteiger partial charge on any atom is 0.271 e. The Bertz CT molecular complexity index is 582. The summed E-state index contributed by atoms with van der Waals surface area (Å²) in [5.41, 5.74) is 0.609. The predicted molar refractivity (Wildman–Crippen MR) is 62.1 cm³/mol. The average Bonchev–Trinajstić information content (AvgIpc) is 2.76. The normalized spacial score (nSPS) is 10.3. The molecule has 0 spiro atoms. The lowest BCUT2D eigenvalue weighted by molar-refractivity contribution is 0.0948. The van der Waals surface area contributed by atoms with Gasteiger partial charge in [-0.3, -0.25) is 9.59 Å². The fourth-order valence-electron chi connectivity index (χ4n) is 1.39. The molecule has 2 heterocycles. The first-order valence-corrected chi connectivity index (χ1v) is 5.40. The van der Waals surface area contributed by atoms with Gasteiger partial charge in [-0.25, -0.2) is 10.1 Å². The number of hydrogen-bond donors (Lipinski definition) is 2. The molecule has 94 valence electrons. The van der Waals surface area contributed by atoms with Crippen LogP contribution < -0.4 is 10.9 Å². The highest BCUT2D eigenvalue weighted by Crippen LogP contribution is 2.00. The van der Waals surface area contributed by atoms with Crippen molar-refractivity contribution in [1.29, 1.82) is 0 Å². The smallest absolute Gasteiger partial charge is 0.271 e. The summed E-state index contributed by atoms with van der Waals surface area (Å²) in [6, 6.07) is 2.62. The maximum absolute atomic E-state index is 11.6. The Hall–Kier alpha value is -2.44. The van der Waals surface area contributed by atoms with Crippen LogP contribution in [-0.2, 0) is 6.42 Å². The SMILES string of the molecule is Cc1nc(CCNC(=O)c2ccc(=O)[nH]n2)co1. The summed E-state index contributed by atoms with van der Waals surface area (Å²) in [6.07, 6.45) is 2.13. The van der Waals surface area contributed by atoms with Crippen molar-refractivity contribution in [2.24, 2.45) is 0 Å².